The molecule has 2 atom stereocenters. The molecule has 1 aromatic rings. The lowest BCUT2D eigenvalue weighted by molar-refractivity contribution is -0.120. The van der Waals surface area contributed by atoms with Crippen LogP contribution in [0.1, 0.15) is 24.5 Å². The minimum Gasteiger partial charge on any atom is -0.376 e. The third kappa shape index (κ3) is 3.73. The Morgan fingerprint density at radius 2 is 2.05 bits per heavy atom. The van der Waals surface area contributed by atoms with Crippen molar-refractivity contribution in [3.05, 3.63) is 29.3 Å². The summed E-state index contributed by atoms with van der Waals surface area (Å²) in [6.45, 7) is 8.56. The number of nitrogens with one attached hydrogen (secondary N) is 3. The number of hydrogen-bond acceptors (Lipinski definition) is 3. The van der Waals surface area contributed by atoms with Crippen LogP contribution in [0.25, 0.3) is 0 Å². The molecule has 1 fully saturated rings. The number of anilines is 1. The number of amides is 1. The van der Waals surface area contributed by atoms with Crippen molar-refractivity contribution < 1.29 is 4.79 Å². The molecular weight excluding hydrogens is 250 g/mol. The predicted octanol–water partition coefficient (Wildman–Crippen LogP) is 1.83. The van der Waals surface area contributed by atoms with Gasteiger partial charge in [-0.25, -0.2) is 0 Å². The van der Waals surface area contributed by atoms with Gasteiger partial charge in [-0.05, 0) is 43.9 Å². The molecular formula is C16H25N3O. The number of carbonyl (C=O) groups is 1. The maximum Gasteiger partial charge on any atom is 0.239 e. The minimum absolute atomic E-state index is 0.0632. The quantitative estimate of drug-likeness (QED) is 0.786. The lowest BCUT2D eigenvalue weighted by Crippen LogP contribution is -2.51. The molecule has 1 aliphatic rings. The van der Waals surface area contributed by atoms with E-state index in [-0.39, 0.29) is 11.9 Å². The first-order valence-electron chi connectivity index (χ1n) is 7.38. The highest BCUT2D eigenvalue weighted by molar-refractivity contribution is 5.81. The van der Waals surface area contributed by atoms with Gasteiger partial charge >= 0.3 is 0 Å². The summed E-state index contributed by atoms with van der Waals surface area (Å²) in [4.78, 5) is 12.1. The zero-order valence-electron chi connectivity index (χ0n) is 12.6. The van der Waals surface area contributed by atoms with Gasteiger partial charge in [-0.2, -0.15) is 0 Å². The van der Waals surface area contributed by atoms with E-state index in [1.165, 1.54) is 11.1 Å². The molecule has 20 heavy (non-hydrogen) atoms. The zero-order valence-corrected chi connectivity index (χ0v) is 12.6. The van der Waals surface area contributed by atoms with E-state index in [1.54, 1.807) is 0 Å². The largest absolute Gasteiger partial charge is 0.376 e. The first-order valence-corrected chi connectivity index (χ1v) is 7.38. The van der Waals surface area contributed by atoms with Crippen molar-refractivity contribution in [3.63, 3.8) is 0 Å². The normalized spacial score (nSPS) is 22.4. The molecule has 1 amide bonds. The van der Waals surface area contributed by atoms with Crippen LogP contribution >= 0.6 is 0 Å². The van der Waals surface area contributed by atoms with Gasteiger partial charge in [0.25, 0.3) is 0 Å². The number of carbonyl (C=O) groups excluding carboxylic acids is 1. The Morgan fingerprint density at radius 3 is 2.70 bits per heavy atom. The van der Waals surface area contributed by atoms with E-state index < -0.39 is 0 Å². The molecule has 4 nitrogen and oxygen atoms in total. The number of hydrogen-bond donors (Lipinski definition) is 3. The topological polar surface area (TPSA) is 53.2 Å². The van der Waals surface area contributed by atoms with Crippen LogP contribution in [0.15, 0.2) is 18.2 Å². The summed E-state index contributed by atoms with van der Waals surface area (Å²) in [5.74, 6) is 0.605. The molecule has 0 saturated carbocycles. The zero-order chi connectivity index (χ0) is 14.5. The minimum atomic E-state index is 0.0632. The maximum atomic E-state index is 12.1. The molecule has 1 saturated heterocycles. The summed E-state index contributed by atoms with van der Waals surface area (Å²) >= 11 is 0. The maximum absolute atomic E-state index is 12.1. The SMILES string of the molecule is Cc1cccc(C)c1NCC(=O)NC1CNCCC1C. The van der Waals surface area contributed by atoms with Gasteiger partial charge in [-0.15, -0.1) is 0 Å². The van der Waals surface area contributed by atoms with Crippen molar-refractivity contribution in [1.82, 2.24) is 10.6 Å². The monoisotopic (exact) mass is 275 g/mol. The van der Waals surface area contributed by atoms with Crippen molar-refractivity contribution in [3.8, 4) is 0 Å². The summed E-state index contributed by atoms with van der Waals surface area (Å²) in [6.07, 6.45) is 1.12. The molecule has 0 aliphatic carbocycles. The lowest BCUT2D eigenvalue weighted by atomic mass is 9.95. The second-order valence-electron chi connectivity index (χ2n) is 5.76. The second kappa shape index (κ2) is 6.75. The Morgan fingerprint density at radius 1 is 1.35 bits per heavy atom. The van der Waals surface area contributed by atoms with Gasteiger partial charge < -0.3 is 16.0 Å². The van der Waals surface area contributed by atoms with Crippen LogP contribution in [0.4, 0.5) is 5.69 Å². The molecule has 110 valence electrons. The Bertz CT molecular complexity index is 453. The van der Waals surface area contributed by atoms with E-state index in [0.29, 0.717) is 12.5 Å². The second-order valence-corrected chi connectivity index (χ2v) is 5.76. The van der Waals surface area contributed by atoms with E-state index in [9.17, 15) is 4.79 Å². The van der Waals surface area contributed by atoms with Gasteiger partial charge in [0.15, 0.2) is 0 Å². The third-order valence-corrected chi connectivity index (χ3v) is 4.08. The summed E-state index contributed by atoms with van der Waals surface area (Å²) in [5, 5.41) is 9.69. The Hall–Kier alpha value is -1.55. The van der Waals surface area contributed by atoms with E-state index >= 15 is 0 Å². The fourth-order valence-corrected chi connectivity index (χ4v) is 2.70. The van der Waals surface area contributed by atoms with Crippen LogP contribution in [0, 0.1) is 19.8 Å². The first kappa shape index (κ1) is 14.9. The molecule has 4 heteroatoms. The van der Waals surface area contributed by atoms with Crippen molar-refractivity contribution in [1.29, 1.82) is 0 Å². The summed E-state index contributed by atoms with van der Waals surface area (Å²) in [5.41, 5.74) is 3.41. The number of aryl methyl sites for hydroxylation is 2. The predicted molar refractivity (Wildman–Crippen MR) is 83.0 cm³/mol. The van der Waals surface area contributed by atoms with Crippen LogP contribution < -0.4 is 16.0 Å². The van der Waals surface area contributed by atoms with Gasteiger partial charge in [-0.1, -0.05) is 25.1 Å². The molecule has 1 aromatic carbocycles. The van der Waals surface area contributed by atoms with Crippen LogP contribution in [-0.4, -0.2) is 31.6 Å². The van der Waals surface area contributed by atoms with Gasteiger partial charge in [0, 0.05) is 18.3 Å². The standard InChI is InChI=1S/C16H25N3O/c1-11-7-8-17-9-14(11)19-15(20)10-18-16-12(2)5-4-6-13(16)3/h4-6,11,14,17-18H,7-10H2,1-3H3,(H,19,20). The molecule has 1 aliphatic heterocycles. The number of para-hydroxylation sites is 1. The van der Waals surface area contributed by atoms with Crippen molar-refractivity contribution in [2.24, 2.45) is 5.92 Å². The van der Waals surface area contributed by atoms with E-state index in [1.807, 2.05) is 6.07 Å². The fraction of sp³-hybridized carbons (Fsp3) is 0.562. The molecule has 0 radical (unpaired) electrons. The molecule has 2 unspecified atom stereocenters. The van der Waals surface area contributed by atoms with Crippen molar-refractivity contribution in [2.75, 3.05) is 25.0 Å². The third-order valence-electron chi connectivity index (χ3n) is 4.08. The van der Waals surface area contributed by atoms with Gasteiger partial charge in [-0.3, -0.25) is 4.79 Å². The smallest absolute Gasteiger partial charge is 0.239 e. The van der Waals surface area contributed by atoms with Crippen LogP contribution in [-0.2, 0) is 4.79 Å². The molecule has 0 bridgehead atoms. The fourth-order valence-electron chi connectivity index (χ4n) is 2.70. The highest BCUT2D eigenvalue weighted by atomic mass is 16.2. The molecule has 2 rings (SSSR count). The van der Waals surface area contributed by atoms with Gasteiger partial charge in [0.05, 0.1) is 6.54 Å². The average Bonchev–Trinajstić information content (AvgIpc) is 2.41. The molecule has 1 heterocycles. The van der Waals surface area contributed by atoms with E-state index in [0.717, 1.165) is 25.2 Å². The molecule has 0 aromatic heterocycles. The van der Waals surface area contributed by atoms with E-state index in [2.05, 4.69) is 48.9 Å². The Labute approximate surface area is 121 Å². The summed E-state index contributed by atoms with van der Waals surface area (Å²) in [7, 11) is 0. The van der Waals surface area contributed by atoms with Crippen molar-refractivity contribution in [2.45, 2.75) is 33.2 Å². The summed E-state index contributed by atoms with van der Waals surface area (Å²) in [6, 6.07) is 6.39. The highest BCUT2D eigenvalue weighted by Gasteiger charge is 2.22. The first-order chi connectivity index (χ1) is 9.58. The van der Waals surface area contributed by atoms with Gasteiger partial charge in [0.1, 0.15) is 0 Å². The Kier molecular flexibility index (Phi) is 5.01. The van der Waals surface area contributed by atoms with Crippen LogP contribution in [0.3, 0.4) is 0 Å². The lowest BCUT2D eigenvalue weighted by Gasteiger charge is -2.30. The number of rotatable bonds is 4. The molecule has 3 N–H and O–H groups in total. The average molecular weight is 275 g/mol. The van der Waals surface area contributed by atoms with Crippen LogP contribution in [0.2, 0.25) is 0 Å². The van der Waals surface area contributed by atoms with Crippen LogP contribution in [0.5, 0.6) is 0 Å². The highest BCUT2D eigenvalue weighted by Crippen LogP contribution is 2.19. The number of benzene rings is 1. The van der Waals surface area contributed by atoms with Gasteiger partial charge in [0.2, 0.25) is 5.91 Å². The molecule has 0 spiro atoms. The number of piperidine rings is 1. The van der Waals surface area contributed by atoms with Crippen molar-refractivity contribution >= 4 is 11.6 Å². The summed E-state index contributed by atoms with van der Waals surface area (Å²) < 4.78 is 0. The Balaban J connectivity index is 1.86. The van der Waals surface area contributed by atoms with E-state index in [4.69, 9.17) is 0 Å².